The molecule has 10 N–H and O–H groups in total. The molecule has 1 aliphatic rings. The highest BCUT2D eigenvalue weighted by atomic mass is 16.4. The van der Waals surface area contributed by atoms with Crippen molar-refractivity contribution in [1.82, 2.24) is 21.5 Å². The first kappa shape index (κ1) is 6.76. The van der Waals surface area contributed by atoms with Gasteiger partial charge in [0.15, 0.2) is 0 Å². The number of nitrogens with one attached hydrogen (secondary N) is 2. The van der Waals surface area contributed by atoms with Crippen LogP contribution in [0.25, 0.3) is 0 Å². The minimum absolute atomic E-state index is 0.517. The first-order chi connectivity index (χ1) is 4.04. The first-order valence-electron chi connectivity index (χ1n) is 2.13. The molecule has 1 saturated heterocycles. The lowest BCUT2D eigenvalue weighted by molar-refractivity contribution is -1.19. The smallest absolute Gasteiger partial charge is 0.0449 e. The lowest BCUT2D eigenvalue weighted by Crippen LogP contribution is -2.97. The Kier molecular flexibility index (Phi) is 1.36. The standard InChI is InChI=1S/H10N9/c1-7(2)9(4)5-8(3)6-9/h5-6H,1-4H2/q+1. The van der Waals surface area contributed by atoms with E-state index in [0.717, 1.165) is 5.23 Å². The number of hydrazine groups is 5. The molecule has 0 aromatic heterocycles. The predicted molar refractivity (Wildman–Crippen MR) is 27.0 cm³/mol. The average Bonchev–Trinajstić information content (AvgIpc) is 1.62. The Labute approximate surface area is 51.0 Å². The summed E-state index contributed by atoms with van der Waals surface area (Å²) in [6.45, 7) is 0. The molecule has 1 rings (SSSR count). The van der Waals surface area contributed by atoms with Gasteiger partial charge in [-0.2, -0.15) is 0 Å². The van der Waals surface area contributed by atoms with Gasteiger partial charge in [0.25, 0.3) is 0 Å². The number of quaternary nitrogens is 1. The molecule has 0 spiro atoms. The van der Waals surface area contributed by atoms with Crippen LogP contribution in [0.4, 0.5) is 0 Å². The monoisotopic (exact) mass is 136 g/mol. The van der Waals surface area contributed by atoms with Gasteiger partial charge in [-0.1, -0.05) is 0 Å². The summed E-state index contributed by atoms with van der Waals surface area (Å²) in [4.78, 5) is -0.517. The molecule has 0 atom stereocenters. The van der Waals surface area contributed by atoms with Crippen LogP contribution >= 0.6 is 0 Å². The molecule has 0 aromatic carbocycles. The second-order valence-electron chi connectivity index (χ2n) is 1.64. The van der Waals surface area contributed by atoms with Crippen LogP contribution in [0.3, 0.4) is 0 Å². The maximum Gasteiger partial charge on any atom is 0.0449 e. The van der Waals surface area contributed by atoms with Crippen LogP contribution in [0.1, 0.15) is 0 Å². The van der Waals surface area contributed by atoms with Gasteiger partial charge in [-0.25, -0.2) is 17.5 Å². The van der Waals surface area contributed by atoms with Crippen molar-refractivity contribution in [3.05, 3.63) is 0 Å². The van der Waals surface area contributed by atoms with E-state index >= 15 is 0 Å². The molecule has 0 radical (unpaired) electrons. The van der Waals surface area contributed by atoms with Gasteiger partial charge >= 0.3 is 0 Å². The van der Waals surface area contributed by atoms with Crippen LogP contribution in [0.15, 0.2) is 0 Å². The number of hydrogen-bond donors (Lipinski definition) is 6. The molecule has 0 bridgehead atoms. The van der Waals surface area contributed by atoms with Gasteiger partial charge in [0, 0.05) is 10.1 Å². The molecule has 1 fully saturated rings. The van der Waals surface area contributed by atoms with E-state index in [0.29, 0.717) is 5.23 Å². The summed E-state index contributed by atoms with van der Waals surface area (Å²) in [5.74, 6) is 20.5. The van der Waals surface area contributed by atoms with Gasteiger partial charge in [-0.05, 0) is 16.3 Å². The summed E-state index contributed by atoms with van der Waals surface area (Å²) in [5.41, 5.74) is 4.82. The highest BCUT2D eigenvalue weighted by Gasteiger charge is 2.43. The van der Waals surface area contributed by atoms with Crippen LogP contribution in [0.5, 0.6) is 0 Å². The van der Waals surface area contributed by atoms with E-state index in [1.807, 2.05) is 0 Å². The summed E-state index contributed by atoms with van der Waals surface area (Å²) in [6, 6.07) is 0. The molecular formula is H10N9+. The summed E-state index contributed by atoms with van der Waals surface area (Å²) < 4.78 is 0. The third-order valence-electron chi connectivity index (χ3n) is 0.885. The zero-order chi connectivity index (χ0) is 7.07. The van der Waals surface area contributed by atoms with Crippen LogP contribution in [0, 0.1) is 0 Å². The zero-order valence-corrected chi connectivity index (χ0v) is 4.65. The third-order valence-corrected chi connectivity index (χ3v) is 0.885. The molecule has 1 heterocycles. The Hall–Kier alpha value is -0.360. The van der Waals surface area contributed by atoms with Crippen molar-refractivity contribution in [2.45, 2.75) is 0 Å². The Morgan fingerprint density at radius 1 is 1.33 bits per heavy atom. The summed E-state index contributed by atoms with van der Waals surface area (Å²) in [5, 5.41) is 1.73. The van der Waals surface area contributed by atoms with Crippen molar-refractivity contribution in [1.29, 1.82) is 0 Å². The zero-order valence-electron chi connectivity index (χ0n) is 4.65. The van der Waals surface area contributed by atoms with Gasteiger partial charge in [0.2, 0.25) is 0 Å². The van der Waals surface area contributed by atoms with Gasteiger partial charge in [-0.15, -0.1) is 5.84 Å². The highest BCUT2D eigenvalue weighted by molar-refractivity contribution is 4.13. The van der Waals surface area contributed by atoms with E-state index in [1.165, 1.54) is 0 Å². The largest absolute Gasteiger partial charge is 0.232 e. The SMILES string of the molecule is NN1N[N+](N)(N(N)N)N1. The molecule has 0 amide bonds. The van der Waals surface area contributed by atoms with Crippen molar-refractivity contribution in [3.63, 3.8) is 0 Å². The normalized spacial score (nSPS) is 26.3. The molecule has 0 saturated carbocycles. The lowest BCUT2D eigenvalue weighted by Gasteiger charge is -2.43. The molecule has 9 nitrogen and oxygen atoms in total. The maximum atomic E-state index is 5.31. The Bertz CT molecular complexity index is 96.6. The first-order valence-corrected chi connectivity index (χ1v) is 2.13. The number of rotatable bonds is 1. The van der Waals surface area contributed by atoms with Gasteiger partial charge in [0.05, 0.1) is 0 Å². The van der Waals surface area contributed by atoms with E-state index in [1.54, 1.807) is 0 Å². The lowest BCUT2D eigenvalue weighted by atomic mass is 11.6. The fourth-order valence-corrected chi connectivity index (χ4v) is 0.432. The molecular weight excluding hydrogens is 126 g/mol. The molecule has 1 aliphatic heterocycles. The van der Waals surface area contributed by atoms with Crippen molar-refractivity contribution >= 4 is 0 Å². The van der Waals surface area contributed by atoms with E-state index in [9.17, 15) is 0 Å². The fourth-order valence-electron chi connectivity index (χ4n) is 0.432. The molecule has 54 valence electrons. The quantitative estimate of drug-likeness (QED) is 0.121. The maximum absolute atomic E-state index is 5.31. The highest BCUT2D eigenvalue weighted by Crippen LogP contribution is 1.92. The van der Waals surface area contributed by atoms with Crippen LogP contribution < -0.4 is 34.4 Å². The van der Waals surface area contributed by atoms with Gasteiger partial charge in [-0.3, -0.25) is 0 Å². The molecule has 0 aromatic rings. The predicted octanol–water partition coefficient (Wildman–Crippen LogP) is -4.33. The van der Waals surface area contributed by atoms with E-state index < -0.39 is 4.92 Å². The molecule has 9 heteroatoms. The Morgan fingerprint density at radius 3 is 1.89 bits per heavy atom. The summed E-state index contributed by atoms with van der Waals surface area (Å²) >= 11 is 0. The van der Waals surface area contributed by atoms with Crippen LogP contribution in [-0.2, 0) is 0 Å². The van der Waals surface area contributed by atoms with Gasteiger partial charge < -0.3 is 0 Å². The summed E-state index contributed by atoms with van der Waals surface area (Å²) in [6.07, 6.45) is 0. The molecule has 0 unspecified atom stereocenters. The van der Waals surface area contributed by atoms with Crippen molar-refractivity contribution in [2.75, 3.05) is 0 Å². The Balaban J connectivity index is 2.40. The van der Waals surface area contributed by atoms with Crippen molar-refractivity contribution in [3.8, 4) is 0 Å². The van der Waals surface area contributed by atoms with Crippen molar-refractivity contribution in [2.24, 2.45) is 23.4 Å². The van der Waals surface area contributed by atoms with E-state index in [-0.39, 0.29) is 0 Å². The summed E-state index contributed by atoms with van der Waals surface area (Å²) in [7, 11) is 0. The second-order valence-corrected chi connectivity index (χ2v) is 1.64. The Morgan fingerprint density at radius 2 is 1.78 bits per heavy atom. The molecule has 9 heavy (non-hydrogen) atoms. The number of nitrogens with two attached hydrogens (primary N) is 4. The number of hydrogen-bond acceptors (Lipinski definition) is 8. The third kappa shape index (κ3) is 0.994. The van der Waals surface area contributed by atoms with Crippen molar-refractivity contribution < 1.29 is 4.92 Å². The van der Waals surface area contributed by atoms with E-state index in [4.69, 9.17) is 23.4 Å². The molecule has 0 aliphatic carbocycles. The average molecular weight is 136 g/mol. The topological polar surface area (TPSA) is 135 Å². The van der Waals surface area contributed by atoms with Crippen LogP contribution in [-0.4, -0.2) is 15.4 Å². The second kappa shape index (κ2) is 1.81. The van der Waals surface area contributed by atoms with Crippen LogP contribution in [0.2, 0.25) is 0 Å². The number of nitrogens with zero attached hydrogens (tertiary/aromatic N) is 3. The minimum Gasteiger partial charge on any atom is -0.232 e. The van der Waals surface area contributed by atoms with E-state index in [2.05, 4.69) is 11.1 Å². The van der Waals surface area contributed by atoms with Gasteiger partial charge in [0.1, 0.15) is 0 Å². The fraction of sp³-hybridized carbons (Fsp3) is 0. The minimum atomic E-state index is -0.517.